The van der Waals surface area contributed by atoms with Crippen molar-refractivity contribution in [2.75, 3.05) is 18.0 Å². The monoisotopic (exact) mass is 272 g/mol. The molecule has 0 spiro atoms. The molecule has 0 saturated heterocycles. The van der Waals surface area contributed by atoms with Crippen LogP contribution in [0.2, 0.25) is 0 Å². The van der Waals surface area contributed by atoms with Gasteiger partial charge in [0.15, 0.2) is 0 Å². The molecule has 106 valence electrons. The maximum atomic E-state index is 11.1. The summed E-state index contributed by atoms with van der Waals surface area (Å²) in [6, 6.07) is 7.12. The lowest BCUT2D eigenvalue weighted by atomic mass is 10.1. The molecule has 20 heavy (non-hydrogen) atoms. The van der Waals surface area contributed by atoms with Crippen LogP contribution in [0.25, 0.3) is 10.8 Å². The van der Waals surface area contributed by atoms with E-state index in [4.69, 9.17) is 5.11 Å². The van der Waals surface area contributed by atoms with Gasteiger partial charge < -0.3 is 10.0 Å². The third-order valence-corrected chi connectivity index (χ3v) is 3.28. The Hall–Kier alpha value is -2.10. The fourth-order valence-corrected chi connectivity index (χ4v) is 2.40. The fourth-order valence-electron chi connectivity index (χ4n) is 2.40. The number of aromatic carboxylic acids is 1. The van der Waals surface area contributed by atoms with Crippen molar-refractivity contribution in [2.24, 2.45) is 0 Å². The van der Waals surface area contributed by atoms with E-state index in [-0.39, 0.29) is 0 Å². The van der Waals surface area contributed by atoms with Crippen LogP contribution in [0.5, 0.6) is 0 Å². The highest BCUT2D eigenvalue weighted by Gasteiger charge is 2.12. The number of aromatic nitrogens is 1. The lowest BCUT2D eigenvalue weighted by molar-refractivity contribution is 0.0697. The number of benzene rings is 1. The molecule has 1 aromatic heterocycles. The summed E-state index contributed by atoms with van der Waals surface area (Å²) in [5.74, 6) is -0.0199. The molecule has 4 nitrogen and oxygen atoms in total. The Kier molecular flexibility index (Phi) is 4.56. The molecule has 2 aromatic rings. The highest BCUT2D eigenvalue weighted by atomic mass is 16.4. The zero-order valence-electron chi connectivity index (χ0n) is 12.0. The molecule has 0 fully saturated rings. The van der Waals surface area contributed by atoms with E-state index in [1.807, 2.05) is 12.1 Å². The van der Waals surface area contributed by atoms with Gasteiger partial charge in [-0.05, 0) is 36.4 Å². The van der Waals surface area contributed by atoms with Crippen LogP contribution < -0.4 is 4.90 Å². The molecular weight excluding hydrogens is 252 g/mol. The molecular formula is C16H20N2O2. The fraction of sp³-hybridized carbons (Fsp3) is 0.375. The predicted molar refractivity (Wildman–Crippen MR) is 81.5 cm³/mol. The molecule has 0 aliphatic carbocycles. The van der Waals surface area contributed by atoms with Gasteiger partial charge in [0, 0.05) is 24.7 Å². The first-order valence-corrected chi connectivity index (χ1v) is 7.04. The second-order valence-electron chi connectivity index (χ2n) is 4.86. The average molecular weight is 272 g/mol. The molecule has 4 heteroatoms. The summed E-state index contributed by atoms with van der Waals surface area (Å²) in [7, 11) is 0. The minimum absolute atomic E-state index is 0.305. The number of hydrogen-bond acceptors (Lipinski definition) is 3. The number of rotatable bonds is 6. The Bertz CT molecular complexity index is 604. The summed E-state index contributed by atoms with van der Waals surface area (Å²) in [5, 5.41) is 11.1. The number of pyridine rings is 1. The number of fused-ring (bicyclic) bond motifs is 1. The predicted octanol–water partition coefficient (Wildman–Crippen LogP) is 3.56. The van der Waals surface area contributed by atoms with Gasteiger partial charge in [0.05, 0.1) is 5.56 Å². The molecule has 0 aliphatic rings. The highest BCUT2D eigenvalue weighted by Crippen LogP contribution is 2.26. The number of anilines is 1. The van der Waals surface area contributed by atoms with Gasteiger partial charge in [0.2, 0.25) is 0 Å². The molecule has 0 unspecified atom stereocenters. The normalized spacial score (nSPS) is 10.7. The van der Waals surface area contributed by atoms with E-state index in [0.717, 1.165) is 42.5 Å². The van der Waals surface area contributed by atoms with E-state index < -0.39 is 5.97 Å². The van der Waals surface area contributed by atoms with E-state index in [2.05, 4.69) is 23.7 Å². The standard InChI is InChI=1S/C16H20N2O2/c1-3-9-18(10-4-2)15-14-11-13(16(19)20)6-5-12(14)7-8-17-15/h5-8,11H,3-4,9-10H2,1-2H3,(H,19,20). The largest absolute Gasteiger partial charge is 0.478 e. The Labute approximate surface area is 119 Å². The lowest BCUT2D eigenvalue weighted by Gasteiger charge is -2.24. The van der Waals surface area contributed by atoms with Crippen molar-refractivity contribution in [3.05, 3.63) is 36.0 Å². The van der Waals surface area contributed by atoms with E-state index in [1.54, 1.807) is 18.3 Å². The van der Waals surface area contributed by atoms with Crippen LogP contribution in [0.4, 0.5) is 5.82 Å². The summed E-state index contributed by atoms with van der Waals surface area (Å²) in [6.45, 7) is 6.13. The molecule has 1 aromatic carbocycles. The summed E-state index contributed by atoms with van der Waals surface area (Å²) in [4.78, 5) is 17.9. The Morgan fingerprint density at radius 1 is 1.20 bits per heavy atom. The molecule has 1 heterocycles. The van der Waals surface area contributed by atoms with Crippen molar-refractivity contribution in [3.8, 4) is 0 Å². The average Bonchev–Trinajstić information content (AvgIpc) is 2.46. The van der Waals surface area contributed by atoms with Crippen molar-refractivity contribution in [1.29, 1.82) is 0 Å². The molecule has 0 atom stereocenters. The first-order chi connectivity index (χ1) is 9.67. The van der Waals surface area contributed by atoms with Gasteiger partial charge in [-0.2, -0.15) is 0 Å². The summed E-state index contributed by atoms with van der Waals surface area (Å²) >= 11 is 0. The zero-order chi connectivity index (χ0) is 14.5. The lowest BCUT2D eigenvalue weighted by Crippen LogP contribution is -2.26. The highest BCUT2D eigenvalue weighted by molar-refractivity contribution is 5.98. The Morgan fingerprint density at radius 3 is 2.50 bits per heavy atom. The van der Waals surface area contributed by atoms with E-state index in [9.17, 15) is 4.79 Å². The second kappa shape index (κ2) is 6.37. The van der Waals surface area contributed by atoms with Gasteiger partial charge in [-0.1, -0.05) is 19.9 Å². The maximum absolute atomic E-state index is 11.1. The van der Waals surface area contributed by atoms with Gasteiger partial charge in [-0.3, -0.25) is 0 Å². The van der Waals surface area contributed by atoms with Crippen LogP contribution in [-0.2, 0) is 0 Å². The molecule has 2 rings (SSSR count). The molecule has 1 N–H and O–H groups in total. The first kappa shape index (κ1) is 14.3. The van der Waals surface area contributed by atoms with E-state index >= 15 is 0 Å². The summed E-state index contributed by atoms with van der Waals surface area (Å²) < 4.78 is 0. The smallest absolute Gasteiger partial charge is 0.335 e. The van der Waals surface area contributed by atoms with Crippen LogP contribution in [0.3, 0.4) is 0 Å². The van der Waals surface area contributed by atoms with Crippen molar-refractivity contribution in [2.45, 2.75) is 26.7 Å². The summed E-state index contributed by atoms with van der Waals surface area (Å²) in [6.07, 6.45) is 3.86. The topological polar surface area (TPSA) is 53.4 Å². The molecule has 0 radical (unpaired) electrons. The maximum Gasteiger partial charge on any atom is 0.335 e. The van der Waals surface area contributed by atoms with Gasteiger partial charge in [-0.25, -0.2) is 9.78 Å². The van der Waals surface area contributed by atoms with Gasteiger partial charge >= 0.3 is 5.97 Å². The first-order valence-electron chi connectivity index (χ1n) is 7.04. The van der Waals surface area contributed by atoms with Crippen LogP contribution in [0.15, 0.2) is 30.5 Å². The van der Waals surface area contributed by atoms with Crippen LogP contribution in [-0.4, -0.2) is 29.1 Å². The van der Waals surface area contributed by atoms with Gasteiger partial charge in [-0.15, -0.1) is 0 Å². The quantitative estimate of drug-likeness (QED) is 0.873. The third-order valence-electron chi connectivity index (χ3n) is 3.28. The number of carboxylic acid groups (broad SMARTS) is 1. The molecule has 0 bridgehead atoms. The van der Waals surface area contributed by atoms with Crippen molar-refractivity contribution < 1.29 is 9.90 Å². The van der Waals surface area contributed by atoms with Crippen molar-refractivity contribution in [3.63, 3.8) is 0 Å². The number of carboxylic acids is 1. The van der Waals surface area contributed by atoms with Gasteiger partial charge in [0.1, 0.15) is 5.82 Å². The molecule has 0 amide bonds. The zero-order valence-corrected chi connectivity index (χ0v) is 12.0. The van der Waals surface area contributed by atoms with Crippen LogP contribution in [0, 0.1) is 0 Å². The van der Waals surface area contributed by atoms with Crippen molar-refractivity contribution in [1.82, 2.24) is 4.98 Å². The number of nitrogens with zero attached hydrogens (tertiary/aromatic N) is 2. The number of hydrogen-bond donors (Lipinski definition) is 1. The van der Waals surface area contributed by atoms with E-state index in [0.29, 0.717) is 5.56 Å². The molecule has 0 saturated carbocycles. The Balaban J connectivity index is 2.55. The summed E-state index contributed by atoms with van der Waals surface area (Å²) in [5.41, 5.74) is 0.305. The van der Waals surface area contributed by atoms with E-state index in [1.165, 1.54) is 0 Å². The minimum atomic E-state index is -0.903. The Morgan fingerprint density at radius 2 is 1.90 bits per heavy atom. The minimum Gasteiger partial charge on any atom is -0.478 e. The SMILES string of the molecule is CCCN(CCC)c1nccc2ccc(C(=O)O)cc12. The number of carbonyl (C=O) groups is 1. The third kappa shape index (κ3) is 2.90. The van der Waals surface area contributed by atoms with Crippen LogP contribution >= 0.6 is 0 Å². The van der Waals surface area contributed by atoms with Crippen LogP contribution in [0.1, 0.15) is 37.0 Å². The van der Waals surface area contributed by atoms with Gasteiger partial charge in [0.25, 0.3) is 0 Å². The van der Waals surface area contributed by atoms with Crippen molar-refractivity contribution >= 4 is 22.6 Å². The molecule has 0 aliphatic heterocycles. The second-order valence-corrected chi connectivity index (χ2v) is 4.86.